The standard InChI is InChI=1S/C32H59NO6/c1-5-9-10-11-12-13-14-15-16-17-18-19-20-21-22-23-33(24-27(6-2)30(34)35,25-28(7-3)31(36)37)26-29(8-4)32(38)39/h21-22,27-29H,5-20,23-26H2,1-4H3,(H2-,34,35,36,37,38,39)/p+1/b22-21+. The number of unbranched alkanes of at least 4 members (excludes halogenated alkanes) is 12. The van der Waals surface area contributed by atoms with Crippen molar-refractivity contribution in [1.29, 1.82) is 0 Å². The molecule has 0 aromatic rings. The largest absolute Gasteiger partial charge is 0.481 e. The van der Waals surface area contributed by atoms with Gasteiger partial charge in [-0.3, -0.25) is 14.4 Å². The zero-order valence-corrected chi connectivity index (χ0v) is 25.5. The molecule has 0 radical (unpaired) electrons. The lowest BCUT2D eigenvalue weighted by Gasteiger charge is -2.42. The normalized spacial score (nSPS) is 15.6. The van der Waals surface area contributed by atoms with Crippen LogP contribution in [0.1, 0.15) is 130 Å². The van der Waals surface area contributed by atoms with E-state index in [1.165, 1.54) is 70.6 Å². The molecule has 3 atom stereocenters. The maximum atomic E-state index is 11.9. The zero-order chi connectivity index (χ0) is 29.5. The third-order valence-electron chi connectivity index (χ3n) is 8.23. The minimum Gasteiger partial charge on any atom is -0.481 e. The van der Waals surface area contributed by atoms with Gasteiger partial charge in [-0.1, -0.05) is 104 Å². The molecule has 0 aromatic heterocycles. The maximum absolute atomic E-state index is 11.9. The Morgan fingerprint density at radius 1 is 0.538 bits per heavy atom. The summed E-state index contributed by atoms with van der Waals surface area (Å²) in [4.78, 5) is 35.8. The highest BCUT2D eigenvalue weighted by molar-refractivity contribution is 5.71. The first-order valence-electron chi connectivity index (χ1n) is 15.8. The average Bonchev–Trinajstić information content (AvgIpc) is 2.90. The Morgan fingerprint density at radius 2 is 0.872 bits per heavy atom. The molecule has 0 saturated carbocycles. The lowest BCUT2D eigenvalue weighted by atomic mass is 9.96. The van der Waals surface area contributed by atoms with Crippen molar-refractivity contribution >= 4 is 17.9 Å². The molecule has 0 aromatic carbocycles. The van der Waals surface area contributed by atoms with Crippen LogP contribution in [-0.2, 0) is 14.4 Å². The molecule has 0 amide bonds. The van der Waals surface area contributed by atoms with E-state index >= 15 is 0 Å². The molecule has 228 valence electrons. The molecule has 7 heteroatoms. The van der Waals surface area contributed by atoms with Crippen LogP contribution in [0.15, 0.2) is 12.2 Å². The van der Waals surface area contributed by atoms with Crippen molar-refractivity contribution < 1.29 is 34.2 Å². The number of nitrogens with zero attached hydrogens (tertiary/aromatic N) is 1. The van der Waals surface area contributed by atoms with Gasteiger partial charge in [-0.05, 0) is 38.2 Å². The average molecular weight is 555 g/mol. The van der Waals surface area contributed by atoms with Crippen LogP contribution in [0.4, 0.5) is 0 Å². The quantitative estimate of drug-likeness (QED) is 0.0543. The van der Waals surface area contributed by atoms with Gasteiger partial charge in [0.15, 0.2) is 0 Å². The van der Waals surface area contributed by atoms with Gasteiger partial charge in [0.05, 0.1) is 26.2 Å². The van der Waals surface area contributed by atoms with Crippen LogP contribution in [0.2, 0.25) is 0 Å². The number of aliphatic carboxylic acids is 3. The molecular formula is C32H60NO6+. The molecule has 0 aliphatic heterocycles. The van der Waals surface area contributed by atoms with Gasteiger partial charge < -0.3 is 19.8 Å². The van der Waals surface area contributed by atoms with E-state index in [2.05, 4.69) is 13.0 Å². The SMILES string of the molecule is CCCCCCCCCCCCCC/C=C/C[N+](CC(CC)C(=O)O)(CC(CC)C(=O)O)CC(CC)C(=O)O. The van der Waals surface area contributed by atoms with Crippen molar-refractivity contribution in [3.05, 3.63) is 12.2 Å². The highest BCUT2D eigenvalue weighted by atomic mass is 16.4. The van der Waals surface area contributed by atoms with E-state index in [4.69, 9.17) is 0 Å². The van der Waals surface area contributed by atoms with E-state index in [1.54, 1.807) is 0 Å². The van der Waals surface area contributed by atoms with E-state index in [9.17, 15) is 29.7 Å². The second kappa shape index (κ2) is 22.9. The summed E-state index contributed by atoms with van der Waals surface area (Å²) in [6, 6.07) is 0. The summed E-state index contributed by atoms with van der Waals surface area (Å²) in [6.45, 7) is 8.88. The molecule has 7 nitrogen and oxygen atoms in total. The number of hydrogen-bond acceptors (Lipinski definition) is 3. The van der Waals surface area contributed by atoms with Gasteiger partial charge in [0.25, 0.3) is 0 Å². The molecule has 0 saturated heterocycles. The van der Waals surface area contributed by atoms with E-state index in [-0.39, 0.29) is 24.1 Å². The lowest BCUT2D eigenvalue weighted by Crippen LogP contribution is -2.58. The van der Waals surface area contributed by atoms with Crippen LogP contribution in [0.25, 0.3) is 0 Å². The Morgan fingerprint density at radius 3 is 1.18 bits per heavy atom. The highest BCUT2D eigenvalue weighted by Crippen LogP contribution is 2.24. The molecule has 3 unspecified atom stereocenters. The molecule has 0 rings (SSSR count). The first-order chi connectivity index (χ1) is 18.7. The maximum Gasteiger partial charge on any atom is 0.312 e. The van der Waals surface area contributed by atoms with Crippen LogP contribution >= 0.6 is 0 Å². The molecule has 0 aliphatic carbocycles. The van der Waals surface area contributed by atoms with Crippen molar-refractivity contribution in [1.82, 2.24) is 0 Å². The van der Waals surface area contributed by atoms with Crippen LogP contribution in [0.3, 0.4) is 0 Å². The van der Waals surface area contributed by atoms with Crippen molar-refractivity contribution in [3.63, 3.8) is 0 Å². The predicted octanol–water partition coefficient (Wildman–Crippen LogP) is 7.78. The first kappa shape index (κ1) is 37.1. The smallest absolute Gasteiger partial charge is 0.312 e. The number of hydrogen-bond donors (Lipinski definition) is 3. The number of rotatable bonds is 27. The Labute approximate surface area is 238 Å². The van der Waals surface area contributed by atoms with E-state index in [1.807, 2.05) is 26.8 Å². The summed E-state index contributed by atoms with van der Waals surface area (Å²) in [7, 11) is 0. The second-order valence-electron chi connectivity index (χ2n) is 11.6. The first-order valence-corrected chi connectivity index (χ1v) is 15.8. The Kier molecular flexibility index (Phi) is 21.8. The topological polar surface area (TPSA) is 112 Å². The van der Waals surface area contributed by atoms with Gasteiger partial charge in [0, 0.05) is 0 Å². The summed E-state index contributed by atoms with van der Waals surface area (Å²) in [5.74, 6) is -4.67. The van der Waals surface area contributed by atoms with E-state index < -0.39 is 35.7 Å². The van der Waals surface area contributed by atoms with Gasteiger partial charge in [0.1, 0.15) is 17.8 Å². The van der Waals surface area contributed by atoms with Crippen molar-refractivity contribution in [2.45, 2.75) is 130 Å². The van der Waals surface area contributed by atoms with Crippen LogP contribution in [0, 0.1) is 17.8 Å². The summed E-state index contributed by atoms with van der Waals surface area (Å²) in [6.07, 6.45) is 22.0. The molecule has 0 heterocycles. The summed E-state index contributed by atoms with van der Waals surface area (Å²) in [5, 5.41) is 29.3. The van der Waals surface area contributed by atoms with Gasteiger partial charge in [-0.15, -0.1) is 0 Å². The molecule has 3 N–H and O–H groups in total. The zero-order valence-electron chi connectivity index (χ0n) is 25.5. The summed E-state index contributed by atoms with van der Waals surface area (Å²) < 4.78 is 0.176. The number of carboxylic acids is 3. The predicted molar refractivity (Wildman–Crippen MR) is 159 cm³/mol. The Balaban J connectivity index is 5.05. The fraction of sp³-hybridized carbons (Fsp3) is 0.844. The second-order valence-corrected chi connectivity index (χ2v) is 11.6. The van der Waals surface area contributed by atoms with E-state index in [0.717, 1.165) is 12.8 Å². The molecule has 0 bridgehead atoms. The Bertz CT molecular complexity index is 632. The van der Waals surface area contributed by atoms with Crippen LogP contribution in [-0.4, -0.2) is 63.9 Å². The number of carboxylic acid groups (broad SMARTS) is 3. The van der Waals surface area contributed by atoms with Crippen LogP contribution < -0.4 is 0 Å². The van der Waals surface area contributed by atoms with Crippen molar-refractivity contribution in [3.8, 4) is 0 Å². The van der Waals surface area contributed by atoms with Gasteiger partial charge in [-0.2, -0.15) is 0 Å². The minimum absolute atomic E-state index is 0.176. The number of quaternary nitrogens is 1. The molecule has 0 fully saturated rings. The van der Waals surface area contributed by atoms with Crippen LogP contribution in [0.5, 0.6) is 0 Å². The molecule has 0 aliphatic rings. The minimum atomic E-state index is -0.910. The van der Waals surface area contributed by atoms with Gasteiger partial charge in [-0.25, -0.2) is 0 Å². The summed E-state index contributed by atoms with van der Waals surface area (Å²) in [5.41, 5.74) is 0. The molecule has 39 heavy (non-hydrogen) atoms. The number of carbonyl (C=O) groups is 3. The number of allylic oxidation sites excluding steroid dienone is 1. The fourth-order valence-corrected chi connectivity index (χ4v) is 5.51. The van der Waals surface area contributed by atoms with E-state index in [0.29, 0.717) is 25.8 Å². The molecular weight excluding hydrogens is 494 g/mol. The van der Waals surface area contributed by atoms with Crippen molar-refractivity contribution in [2.24, 2.45) is 17.8 Å². The Hall–Kier alpha value is -1.89. The van der Waals surface area contributed by atoms with Gasteiger partial charge >= 0.3 is 17.9 Å². The third-order valence-corrected chi connectivity index (χ3v) is 8.23. The third kappa shape index (κ3) is 17.4. The highest BCUT2D eigenvalue weighted by Gasteiger charge is 2.39. The summed E-state index contributed by atoms with van der Waals surface area (Å²) >= 11 is 0. The lowest BCUT2D eigenvalue weighted by molar-refractivity contribution is -0.929. The molecule has 0 spiro atoms. The van der Waals surface area contributed by atoms with Gasteiger partial charge in [0.2, 0.25) is 0 Å². The monoisotopic (exact) mass is 554 g/mol. The van der Waals surface area contributed by atoms with Crippen molar-refractivity contribution in [2.75, 3.05) is 26.2 Å². The fourth-order valence-electron chi connectivity index (χ4n) is 5.51.